The van der Waals surface area contributed by atoms with Crippen LogP contribution in [-0.2, 0) is 4.79 Å². The van der Waals surface area contributed by atoms with Crippen LogP contribution in [0, 0.1) is 5.92 Å². The number of carbonyl (C=O) groups is 1. The normalized spacial score (nSPS) is 40.4. The zero-order valence-corrected chi connectivity index (χ0v) is 5.42. The lowest BCUT2D eigenvalue weighted by molar-refractivity contribution is -0.137. The van der Waals surface area contributed by atoms with Crippen LogP contribution in [-0.4, -0.2) is 16.6 Å². The van der Waals surface area contributed by atoms with Gasteiger partial charge < -0.3 is 10.8 Å². The molecule has 0 amide bonds. The van der Waals surface area contributed by atoms with Gasteiger partial charge >= 0.3 is 5.97 Å². The van der Waals surface area contributed by atoms with Gasteiger partial charge in [0, 0.05) is 5.54 Å². The van der Waals surface area contributed by atoms with Gasteiger partial charge in [0.05, 0.1) is 6.42 Å². The Labute approximate surface area is 53.9 Å². The Bertz CT molecular complexity index is 146. The first kappa shape index (κ1) is 6.55. The van der Waals surface area contributed by atoms with Gasteiger partial charge in [0.2, 0.25) is 0 Å². The average Bonchev–Trinajstić information content (AvgIpc) is 2.10. The summed E-state index contributed by atoms with van der Waals surface area (Å²) in [5.41, 5.74) is 5.24. The fraction of sp³-hybridized carbons (Fsp3) is 0.833. The van der Waals surface area contributed by atoms with Gasteiger partial charge in [-0.15, -0.1) is 0 Å². The summed E-state index contributed by atoms with van der Waals surface area (Å²) in [6, 6.07) is 0. The smallest absolute Gasteiger partial charge is 0.305 e. The molecule has 9 heavy (non-hydrogen) atoms. The molecule has 0 spiro atoms. The third-order valence-corrected chi connectivity index (χ3v) is 1.99. The summed E-state index contributed by atoms with van der Waals surface area (Å²) in [6.07, 6.45) is 0.980. The van der Waals surface area contributed by atoms with Crippen LogP contribution in [0.1, 0.15) is 19.8 Å². The summed E-state index contributed by atoms with van der Waals surface area (Å²) in [7, 11) is 0. The average molecular weight is 129 g/mol. The van der Waals surface area contributed by atoms with Crippen molar-refractivity contribution in [2.24, 2.45) is 11.7 Å². The van der Waals surface area contributed by atoms with Crippen molar-refractivity contribution in [3.8, 4) is 0 Å². The lowest BCUT2D eigenvalue weighted by Gasteiger charge is -2.03. The number of hydrogen-bond donors (Lipinski definition) is 2. The van der Waals surface area contributed by atoms with E-state index in [0.29, 0.717) is 5.92 Å². The summed E-state index contributed by atoms with van der Waals surface area (Å²) in [6.45, 7) is 1.98. The van der Waals surface area contributed by atoms with E-state index in [2.05, 4.69) is 0 Å². The van der Waals surface area contributed by atoms with Crippen molar-refractivity contribution in [2.45, 2.75) is 25.3 Å². The molecule has 0 bridgehead atoms. The van der Waals surface area contributed by atoms with Gasteiger partial charge in [-0.2, -0.15) is 0 Å². The minimum Gasteiger partial charge on any atom is -0.481 e. The van der Waals surface area contributed by atoms with Crippen molar-refractivity contribution in [1.29, 1.82) is 0 Å². The van der Waals surface area contributed by atoms with Gasteiger partial charge in [0.15, 0.2) is 0 Å². The maximum absolute atomic E-state index is 10.1. The summed E-state index contributed by atoms with van der Waals surface area (Å²) in [4.78, 5) is 10.1. The van der Waals surface area contributed by atoms with E-state index in [0.717, 1.165) is 6.42 Å². The van der Waals surface area contributed by atoms with E-state index in [9.17, 15) is 4.79 Å². The molecule has 0 aromatic carbocycles. The fourth-order valence-electron chi connectivity index (χ4n) is 1.04. The van der Waals surface area contributed by atoms with Crippen molar-refractivity contribution in [2.75, 3.05) is 0 Å². The van der Waals surface area contributed by atoms with Crippen LogP contribution in [0.3, 0.4) is 0 Å². The van der Waals surface area contributed by atoms with Crippen LogP contribution in [0.5, 0.6) is 0 Å². The van der Waals surface area contributed by atoms with E-state index in [4.69, 9.17) is 10.8 Å². The van der Waals surface area contributed by atoms with Crippen LogP contribution in [0.15, 0.2) is 0 Å². The highest BCUT2D eigenvalue weighted by Gasteiger charge is 2.48. The maximum Gasteiger partial charge on any atom is 0.305 e. The van der Waals surface area contributed by atoms with Crippen molar-refractivity contribution in [3.05, 3.63) is 0 Å². The van der Waals surface area contributed by atoms with Gasteiger partial charge in [0.1, 0.15) is 0 Å². The Balaban J connectivity index is 2.37. The molecule has 1 rings (SSSR count). The van der Waals surface area contributed by atoms with E-state index >= 15 is 0 Å². The second-order valence-electron chi connectivity index (χ2n) is 2.91. The molecule has 1 fully saturated rings. The van der Waals surface area contributed by atoms with Crippen LogP contribution in [0.4, 0.5) is 0 Å². The van der Waals surface area contributed by atoms with Crippen molar-refractivity contribution in [3.63, 3.8) is 0 Å². The quantitative estimate of drug-likeness (QED) is 0.559. The highest BCUT2D eigenvalue weighted by Crippen LogP contribution is 2.42. The molecule has 1 saturated carbocycles. The molecule has 1 aliphatic carbocycles. The highest BCUT2D eigenvalue weighted by atomic mass is 16.4. The molecular formula is C6H11NO2. The Hall–Kier alpha value is -0.570. The van der Waals surface area contributed by atoms with Crippen molar-refractivity contribution in [1.82, 2.24) is 0 Å². The molecular weight excluding hydrogens is 118 g/mol. The summed E-state index contributed by atoms with van der Waals surface area (Å²) >= 11 is 0. The van der Waals surface area contributed by atoms with E-state index in [1.807, 2.05) is 6.92 Å². The van der Waals surface area contributed by atoms with Gasteiger partial charge in [0.25, 0.3) is 0 Å². The Morgan fingerprint density at radius 3 is 2.56 bits per heavy atom. The molecule has 1 aliphatic rings. The van der Waals surface area contributed by atoms with Crippen molar-refractivity contribution < 1.29 is 9.90 Å². The van der Waals surface area contributed by atoms with Gasteiger partial charge in [-0.1, -0.05) is 6.92 Å². The second-order valence-corrected chi connectivity index (χ2v) is 2.91. The standard InChI is InChI=1S/C6H11NO2/c1-4-2-6(4,7)3-5(8)9/h4H,2-3,7H2,1H3,(H,8,9). The van der Waals surface area contributed by atoms with Crippen LogP contribution in [0.25, 0.3) is 0 Å². The maximum atomic E-state index is 10.1. The molecule has 2 atom stereocenters. The molecule has 0 aliphatic heterocycles. The third kappa shape index (κ3) is 1.21. The molecule has 3 heteroatoms. The van der Waals surface area contributed by atoms with E-state index in [1.54, 1.807) is 0 Å². The topological polar surface area (TPSA) is 63.3 Å². The van der Waals surface area contributed by atoms with Gasteiger partial charge in [-0.3, -0.25) is 4.79 Å². The van der Waals surface area contributed by atoms with E-state index in [1.165, 1.54) is 0 Å². The number of carboxylic acid groups (broad SMARTS) is 1. The second kappa shape index (κ2) is 1.70. The Kier molecular flexibility index (Phi) is 1.24. The zero-order chi connectivity index (χ0) is 7.07. The first-order chi connectivity index (χ1) is 4.04. The zero-order valence-electron chi connectivity index (χ0n) is 5.42. The largest absolute Gasteiger partial charge is 0.481 e. The molecule has 0 radical (unpaired) electrons. The summed E-state index contributed by atoms with van der Waals surface area (Å²) in [5, 5.41) is 8.33. The molecule has 3 N–H and O–H groups in total. The molecule has 0 heterocycles. The van der Waals surface area contributed by atoms with E-state index < -0.39 is 5.97 Å². The monoisotopic (exact) mass is 129 g/mol. The molecule has 0 aromatic heterocycles. The SMILES string of the molecule is CC1CC1(N)CC(=O)O. The van der Waals surface area contributed by atoms with Crippen LogP contribution in [0.2, 0.25) is 0 Å². The molecule has 0 saturated heterocycles. The van der Waals surface area contributed by atoms with Gasteiger partial charge in [-0.05, 0) is 12.3 Å². The lowest BCUT2D eigenvalue weighted by atomic mass is 10.1. The number of hydrogen-bond acceptors (Lipinski definition) is 2. The van der Waals surface area contributed by atoms with Gasteiger partial charge in [-0.25, -0.2) is 0 Å². The fourth-order valence-corrected chi connectivity index (χ4v) is 1.04. The molecule has 0 aromatic rings. The summed E-state index contributed by atoms with van der Waals surface area (Å²) in [5.74, 6) is -0.393. The molecule has 2 unspecified atom stereocenters. The first-order valence-electron chi connectivity index (χ1n) is 3.05. The third-order valence-electron chi connectivity index (χ3n) is 1.99. The highest BCUT2D eigenvalue weighted by molar-refractivity contribution is 5.69. The number of nitrogens with two attached hydrogens (primary N) is 1. The minimum absolute atomic E-state index is 0.119. The predicted molar refractivity (Wildman–Crippen MR) is 33.0 cm³/mol. The minimum atomic E-state index is -0.790. The molecule has 3 nitrogen and oxygen atoms in total. The predicted octanol–water partition coefficient (Wildman–Crippen LogP) is 0.198. The Morgan fingerprint density at radius 1 is 2.00 bits per heavy atom. The Morgan fingerprint density at radius 2 is 2.44 bits per heavy atom. The molecule has 52 valence electrons. The lowest BCUT2D eigenvalue weighted by Crippen LogP contribution is -2.27. The van der Waals surface area contributed by atoms with Crippen LogP contribution < -0.4 is 5.73 Å². The van der Waals surface area contributed by atoms with Crippen molar-refractivity contribution >= 4 is 5.97 Å². The number of rotatable bonds is 2. The first-order valence-corrected chi connectivity index (χ1v) is 3.05. The summed E-state index contributed by atoms with van der Waals surface area (Å²) < 4.78 is 0. The van der Waals surface area contributed by atoms with Crippen LogP contribution >= 0.6 is 0 Å². The number of carboxylic acids is 1. The number of aliphatic carboxylic acids is 1. The van der Waals surface area contributed by atoms with E-state index in [-0.39, 0.29) is 12.0 Å².